The number of benzene rings is 1. The van der Waals surface area contributed by atoms with Gasteiger partial charge in [-0.2, -0.15) is 0 Å². The lowest BCUT2D eigenvalue weighted by molar-refractivity contribution is -0.138. The maximum atomic E-state index is 12.3. The first kappa shape index (κ1) is 24.6. The Morgan fingerprint density at radius 1 is 1.03 bits per heavy atom. The first-order valence-electron chi connectivity index (χ1n) is 11.3. The number of carbonyl (C=O) groups is 2. The van der Waals surface area contributed by atoms with E-state index in [1.807, 2.05) is 42.5 Å². The molecule has 0 bridgehead atoms. The third kappa shape index (κ3) is 6.73. The van der Waals surface area contributed by atoms with Crippen molar-refractivity contribution in [2.45, 2.75) is 31.9 Å². The molecule has 0 aliphatic rings. The van der Waals surface area contributed by atoms with Crippen molar-refractivity contribution in [2.75, 3.05) is 5.32 Å². The Morgan fingerprint density at radius 3 is 2.56 bits per heavy atom. The first-order valence-corrected chi connectivity index (χ1v) is 11.3. The average Bonchev–Trinajstić information content (AvgIpc) is 3.36. The summed E-state index contributed by atoms with van der Waals surface area (Å²) < 4.78 is 11.2. The summed E-state index contributed by atoms with van der Waals surface area (Å²) >= 11 is 0. The maximum absolute atomic E-state index is 12.3. The number of pyridine rings is 2. The smallest absolute Gasteiger partial charge is 0.320 e. The van der Waals surface area contributed by atoms with E-state index in [1.165, 1.54) is 0 Å². The van der Waals surface area contributed by atoms with Gasteiger partial charge in [0.15, 0.2) is 5.76 Å². The van der Waals surface area contributed by atoms with Crippen LogP contribution in [0, 0.1) is 0 Å². The van der Waals surface area contributed by atoms with Crippen LogP contribution in [0.5, 0.6) is 5.88 Å². The Hall–Kier alpha value is -4.57. The monoisotopic (exact) mass is 487 g/mol. The molecule has 0 radical (unpaired) electrons. The Labute approximate surface area is 207 Å². The molecule has 1 unspecified atom stereocenters. The number of aliphatic carboxylic acids is 1. The minimum absolute atomic E-state index is 0.0177. The number of aromatic nitrogens is 3. The van der Waals surface area contributed by atoms with Crippen LogP contribution in [0.1, 0.15) is 29.7 Å². The molecule has 184 valence electrons. The topological polar surface area (TPSA) is 153 Å². The number of hydrogen-bond donors (Lipinski definition) is 3. The molecule has 4 N–H and O–H groups in total. The molecule has 1 aromatic carbocycles. The van der Waals surface area contributed by atoms with Gasteiger partial charge in [-0.1, -0.05) is 35.5 Å². The summed E-state index contributed by atoms with van der Waals surface area (Å²) in [6.45, 7) is 0.420. The second-order valence-corrected chi connectivity index (χ2v) is 8.06. The molecule has 10 heteroatoms. The van der Waals surface area contributed by atoms with E-state index in [0.717, 1.165) is 16.8 Å². The summed E-state index contributed by atoms with van der Waals surface area (Å²) in [6.07, 6.45) is 3.75. The van der Waals surface area contributed by atoms with Crippen molar-refractivity contribution in [3.63, 3.8) is 0 Å². The van der Waals surface area contributed by atoms with Crippen molar-refractivity contribution < 1.29 is 24.0 Å². The Kier molecular flexibility index (Phi) is 7.99. The number of ether oxygens (including phenoxy) is 1. The molecule has 36 heavy (non-hydrogen) atoms. The van der Waals surface area contributed by atoms with Gasteiger partial charge < -0.3 is 25.4 Å². The van der Waals surface area contributed by atoms with Gasteiger partial charge in [0.05, 0.1) is 11.3 Å². The lowest BCUT2D eigenvalue weighted by Crippen LogP contribution is -2.31. The summed E-state index contributed by atoms with van der Waals surface area (Å²) in [5.74, 6) is -0.213. The van der Waals surface area contributed by atoms with Crippen molar-refractivity contribution in [1.82, 2.24) is 15.1 Å². The fourth-order valence-electron chi connectivity index (χ4n) is 3.38. The molecule has 4 rings (SSSR count). The molecule has 0 aliphatic heterocycles. The number of rotatable bonds is 11. The predicted molar refractivity (Wildman–Crippen MR) is 131 cm³/mol. The van der Waals surface area contributed by atoms with Crippen LogP contribution in [0.3, 0.4) is 0 Å². The highest BCUT2D eigenvalue weighted by Gasteiger charge is 2.17. The third-order valence-electron chi connectivity index (χ3n) is 5.32. The molecule has 0 saturated heterocycles. The molecule has 1 amide bonds. The van der Waals surface area contributed by atoms with E-state index >= 15 is 0 Å². The number of amides is 1. The van der Waals surface area contributed by atoms with Crippen molar-refractivity contribution in [2.24, 2.45) is 5.73 Å². The van der Waals surface area contributed by atoms with Crippen molar-refractivity contribution >= 4 is 17.7 Å². The number of nitrogens with zero attached hydrogens (tertiary/aromatic N) is 3. The van der Waals surface area contributed by atoms with E-state index in [0.29, 0.717) is 36.0 Å². The maximum Gasteiger partial charge on any atom is 0.320 e. The lowest BCUT2D eigenvalue weighted by atomic mass is 10.1. The number of carbonyl (C=O) groups excluding carboxylic acids is 1. The van der Waals surface area contributed by atoms with Crippen LogP contribution in [0.15, 0.2) is 77.6 Å². The van der Waals surface area contributed by atoms with Crippen molar-refractivity contribution in [1.29, 1.82) is 0 Å². The summed E-state index contributed by atoms with van der Waals surface area (Å²) in [7, 11) is 0. The highest BCUT2D eigenvalue weighted by molar-refractivity contribution is 5.93. The van der Waals surface area contributed by atoms with Gasteiger partial charge in [-0.05, 0) is 35.7 Å². The number of carboxylic acids is 1. The summed E-state index contributed by atoms with van der Waals surface area (Å²) in [5.41, 5.74) is 8.81. The number of nitrogens with two attached hydrogens (primary N) is 1. The van der Waals surface area contributed by atoms with Gasteiger partial charge in [0.2, 0.25) is 11.8 Å². The predicted octanol–water partition coefficient (Wildman–Crippen LogP) is 3.43. The second kappa shape index (κ2) is 11.7. The Balaban J connectivity index is 1.36. The molecule has 4 aromatic rings. The van der Waals surface area contributed by atoms with Crippen LogP contribution >= 0.6 is 0 Å². The summed E-state index contributed by atoms with van der Waals surface area (Å²) in [4.78, 5) is 31.5. The highest BCUT2D eigenvalue weighted by atomic mass is 16.5. The van der Waals surface area contributed by atoms with Gasteiger partial charge >= 0.3 is 5.97 Å². The minimum atomic E-state index is -1.15. The number of anilines is 1. The quantitative estimate of drug-likeness (QED) is 0.289. The molecule has 3 heterocycles. The molecule has 0 fully saturated rings. The average molecular weight is 488 g/mol. The molecular formula is C26H25N5O5. The molecule has 0 saturated carbocycles. The standard InChI is InChI=1S/C26H25N5O5/c27-21(26(33)34)10-11-23(32)30-25-20(4-3-13-29-25)22-15-19(31-36-22)14-17-6-8-18(9-7-17)16-35-24-5-1-2-12-28-24/h1-9,12-13,15,21H,10-11,14,16,27H2,(H,33,34)(H,29,30,32). The zero-order valence-corrected chi connectivity index (χ0v) is 19.3. The van der Waals surface area contributed by atoms with E-state index < -0.39 is 17.9 Å². The molecule has 1 atom stereocenters. The van der Waals surface area contributed by atoms with Crippen molar-refractivity contribution in [3.05, 3.63) is 89.9 Å². The van der Waals surface area contributed by atoms with Crippen LogP contribution in [-0.2, 0) is 22.6 Å². The van der Waals surface area contributed by atoms with E-state index in [2.05, 4.69) is 20.4 Å². The molecular weight excluding hydrogens is 462 g/mol. The lowest BCUT2D eigenvalue weighted by Gasteiger charge is -2.09. The fraction of sp³-hybridized carbons (Fsp3) is 0.192. The largest absolute Gasteiger partial charge is 0.480 e. The number of nitrogens with one attached hydrogen (secondary N) is 1. The van der Waals surface area contributed by atoms with E-state index in [9.17, 15) is 9.59 Å². The van der Waals surface area contributed by atoms with Crippen molar-refractivity contribution in [3.8, 4) is 17.2 Å². The normalized spacial score (nSPS) is 11.6. The van der Waals surface area contributed by atoms with Gasteiger partial charge in [0.1, 0.15) is 18.5 Å². The minimum Gasteiger partial charge on any atom is -0.480 e. The molecule has 10 nitrogen and oxygen atoms in total. The zero-order valence-electron chi connectivity index (χ0n) is 19.3. The van der Waals surface area contributed by atoms with E-state index in [1.54, 1.807) is 30.6 Å². The fourth-order valence-corrected chi connectivity index (χ4v) is 3.38. The molecule has 3 aromatic heterocycles. The van der Waals surface area contributed by atoms with Crippen LogP contribution < -0.4 is 15.8 Å². The van der Waals surface area contributed by atoms with Crippen LogP contribution in [-0.4, -0.2) is 38.1 Å². The van der Waals surface area contributed by atoms with Gasteiger partial charge in [-0.15, -0.1) is 0 Å². The summed E-state index contributed by atoms with van der Waals surface area (Å²) in [5, 5.41) is 15.7. The van der Waals surface area contributed by atoms with Gasteiger partial charge in [-0.3, -0.25) is 9.59 Å². The molecule has 0 spiro atoms. The summed E-state index contributed by atoms with van der Waals surface area (Å²) in [6, 6.07) is 17.7. The molecule has 0 aliphatic carbocycles. The zero-order chi connectivity index (χ0) is 25.3. The number of carboxylic acid groups (broad SMARTS) is 1. The van der Waals surface area contributed by atoms with E-state index in [-0.39, 0.29) is 12.8 Å². The van der Waals surface area contributed by atoms with Crippen LogP contribution in [0.25, 0.3) is 11.3 Å². The van der Waals surface area contributed by atoms with Crippen LogP contribution in [0.4, 0.5) is 5.82 Å². The third-order valence-corrected chi connectivity index (χ3v) is 5.32. The van der Waals surface area contributed by atoms with Gasteiger partial charge in [-0.25, -0.2) is 9.97 Å². The van der Waals surface area contributed by atoms with E-state index in [4.69, 9.17) is 20.1 Å². The Bertz CT molecular complexity index is 1310. The number of hydrogen-bond acceptors (Lipinski definition) is 8. The van der Waals surface area contributed by atoms with Gasteiger partial charge in [0, 0.05) is 37.4 Å². The second-order valence-electron chi connectivity index (χ2n) is 8.06. The SMILES string of the molecule is NC(CCC(=O)Nc1ncccc1-c1cc(Cc2ccc(COc3ccccn3)cc2)no1)C(=O)O. The van der Waals surface area contributed by atoms with Gasteiger partial charge in [0.25, 0.3) is 0 Å². The first-order chi connectivity index (χ1) is 17.5. The van der Waals surface area contributed by atoms with Crippen LogP contribution in [0.2, 0.25) is 0 Å². The highest BCUT2D eigenvalue weighted by Crippen LogP contribution is 2.27. The Morgan fingerprint density at radius 2 is 1.81 bits per heavy atom.